The summed E-state index contributed by atoms with van der Waals surface area (Å²) in [5.41, 5.74) is 0. The summed E-state index contributed by atoms with van der Waals surface area (Å²) in [5.74, 6) is 1.83. The highest BCUT2D eigenvalue weighted by molar-refractivity contribution is 7.83. The van der Waals surface area contributed by atoms with Gasteiger partial charge >= 0.3 is 0 Å². The highest BCUT2D eigenvalue weighted by Crippen LogP contribution is 2.68. The van der Waals surface area contributed by atoms with E-state index >= 15 is 0 Å². The van der Waals surface area contributed by atoms with Crippen molar-refractivity contribution in [2.45, 2.75) is 10.5 Å². The summed E-state index contributed by atoms with van der Waals surface area (Å²) < 4.78 is 0. The molecule has 0 aromatic heterocycles. The maximum Gasteiger partial charge on any atom is 0.0101 e. The van der Waals surface area contributed by atoms with Gasteiger partial charge in [0, 0.05) is 10.5 Å². The normalized spacial score (nSPS) is 73.0. The molecule has 2 aliphatic rings. The van der Waals surface area contributed by atoms with E-state index in [9.17, 15) is 0 Å². The van der Waals surface area contributed by atoms with Gasteiger partial charge in [0.25, 0.3) is 0 Å². The van der Waals surface area contributed by atoms with Gasteiger partial charge in [-0.25, -0.2) is 0 Å². The molecule has 0 aromatic rings. The summed E-state index contributed by atoms with van der Waals surface area (Å²) in [6.07, 6.45) is 0. The molecule has 0 amide bonds. The second-order valence-corrected chi connectivity index (χ2v) is 3.33. The zero-order valence-electron chi connectivity index (χ0n) is 3.20. The molecule has 34 valence electrons. The first-order valence-corrected chi connectivity index (χ1v) is 3.22. The van der Waals surface area contributed by atoms with Crippen LogP contribution < -0.4 is 0 Å². The average molecular weight is 118 g/mol. The molecule has 0 bridgehead atoms. The van der Waals surface area contributed by atoms with Crippen molar-refractivity contribution in [1.82, 2.24) is 0 Å². The van der Waals surface area contributed by atoms with E-state index in [2.05, 4.69) is 25.3 Å². The van der Waals surface area contributed by atoms with Gasteiger partial charge in [-0.3, -0.25) is 0 Å². The van der Waals surface area contributed by atoms with Gasteiger partial charge in [-0.15, -0.1) is 0 Å². The molecule has 0 N–H and O–H groups in total. The molecule has 0 saturated heterocycles. The lowest BCUT2D eigenvalue weighted by Gasteiger charge is -1.93. The second kappa shape index (κ2) is 0.781. The Labute approximate surface area is 48.1 Å². The predicted molar refractivity (Wildman–Crippen MR) is 32.5 cm³/mol. The predicted octanol–water partition coefficient (Wildman–Crippen LogP) is 0.843. The highest BCUT2D eigenvalue weighted by atomic mass is 32.1. The molecule has 0 aliphatic heterocycles. The fraction of sp³-hybridized carbons (Fsp3) is 1.00. The van der Waals surface area contributed by atoms with Crippen molar-refractivity contribution in [2.75, 3.05) is 0 Å². The zero-order valence-corrected chi connectivity index (χ0v) is 4.99. The van der Waals surface area contributed by atoms with Crippen molar-refractivity contribution < 1.29 is 0 Å². The first-order chi connectivity index (χ1) is 2.82. The summed E-state index contributed by atoms with van der Waals surface area (Å²) >= 11 is 8.46. The molecule has 2 fully saturated rings. The Kier molecular flexibility index (Phi) is 0.478. The fourth-order valence-corrected chi connectivity index (χ4v) is 2.55. The molecular formula is C4H6S2. The van der Waals surface area contributed by atoms with Crippen LogP contribution in [0, 0.1) is 11.8 Å². The molecule has 6 heavy (non-hydrogen) atoms. The smallest absolute Gasteiger partial charge is 0.0101 e. The minimum Gasteiger partial charge on any atom is -0.175 e. The van der Waals surface area contributed by atoms with E-state index < -0.39 is 0 Å². The van der Waals surface area contributed by atoms with E-state index in [1.807, 2.05) is 0 Å². The molecule has 0 unspecified atom stereocenters. The Hall–Kier alpha value is 0.700. The van der Waals surface area contributed by atoms with Crippen LogP contribution in [0.5, 0.6) is 0 Å². The van der Waals surface area contributed by atoms with Crippen molar-refractivity contribution in [3.63, 3.8) is 0 Å². The van der Waals surface area contributed by atoms with Crippen LogP contribution in [0.3, 0.4) is 0 Å². The lowest BCUT2D eigenvalue weighted by Crippen LogP contribution is -1.95. The van der Waals surface area contributed by atoms with Gasteiger partial charge in [0.1, 0.15) is 0 Å². The molecule has 2 aliphatic carbocycles. The minimum atomic E-state index is 0.743. The molecular weight excluding hydrogens is 112 g/mol. The average Bonchev–Trinajstić information content (AvgIpc) is 2.28. The van der Waals surface area contributed by atoms with E-state index in [1.54, 1.807) is 0 Å². The molecule has 2 saturated carbocycles. The van der Waals surface area contributed by atoms with Gasteiger partial charge < -0.3 is 0 Å². The first kappa shape index (κ1) is 3.67. The summed E-state index contributed by atoms with van der Waals surface area (Å²) in [6, 6.07) is 0. The van der Waals surface area contributed by atoms with E-state index in [0.717, 1.165) is 22.3 Å². The van der Waals surface area contributed by atoms with Gasteiger partial charge in [0.2, 0.25) is 0 Å². The van der Waals surface area contributed by atoms with Crippen LogP contribution >= 0.6 is 25.3 Å². The van der Waals surface area contributed by atoms with Crippen LogP contribution in [0.15, 0.2) is 0 Å². The van der Waals surface area contributed by atoms with Crippen LogP contribution in [0.2, 0.25) is 0 Å². The summed E-state index contributed by atoms with van der Waals surface area (Å²) in [5, 5.41) is 1.49. The molecule has 0 heterocycles. The van der Waals surface area contributed by atoms with Crippen LogP contribution in [0.1, 0.15) is 0 Å². The number of hydrogen-bond donors (Lipinski definition) is 2. The molecule has 0 nitrogen and oxygen atoms in total. The number of hydrogen-bond acceptors (Lipinski definition) is 2. The monoisotopic (exact) mass is 118 g/mol. The molecule has 0 aromatic carbocycles. The SMILES string of the molecule is SC1C2C(S)C12. The minimum absolute atomic E-state index is 0.743. The summed E-state index contributed by atoms with van der Waals surface area (Å²) in [6.45, 7) is 0. The lowest BCUT2D eigenvalue weighted by atomic mass is 10.4. The standard InChI is InChI=1S/C4H6S2/c5-3-1-2(3)4(1)6/h1-6H. The summed E-state index contributed by atoms with van der Waals surface area (Å²) in [7, 11) is 0. The maximum absolute atomic E-state index is 4.23. The first-order valence-electron chi connectivity index (χ1n) is 2.18. The Morgan fingerprint density at radius 3 is 1.17 bits per heavy atom. The quantitative estimate of drug-likeness (QED) is 0.433. The third-order valence-corrected chi connectivity index (χ3v) is 3.12. The Morgan fingerprint density at radius 2 is 1.17 bits per heavy atom. The molecule has 2 rings (SSSR count). The van der Waals surface area contributed by atoms with Gasteiger partial charge in [-0.1, -0.05) is 0 Å². The van der Waals surface area contributed by atoms with Crippen molar-refractivity contribution >= 4 is 25.3 Å². The third-order valence-electron chi connectivity index (χ3n) is 1.74. The van der Waals surface area contributed by atoms with Crippen LogP contribution in [0.25, 0.3) is 0 Å². The van der Waals surface area contributed by atoms with Crippen molar-refractivity contribution in [3.8, 4) is 0 Å². The largest absolute Gasteiger partial charge is 0.175 e. The van der Waals surface area contributed by atoms with Crippen LogP contribution in [-0.2, 0) is 0 Å². The van der Waals surface area contributed by atoms with Crippen LogP contribution in [-0.4, -0.2) is 10.5 Å². The Balaban J connectivity index is 2.06. The van der Waals surface area contributed by atoms with Gasteiger partial charge in [0.15, 0.2) is 0 Å². The number of fused-ring (bicyclic) bond motifs is 1. The maximum atomic E-state index is 4.23. The van der Waals surface area contributed by atoms with Gasteiger partial charge in [-0.2, -0.15) is 25.3 Å². The zero-order chi connectivity index (χ0) is 4.31. The topological polar surface area (TPSA) is 0 Å². The highest BCUT2D eigenvalue weighted by Gasteiger charge is 2.70. The molecule has 2 heteroatoms. The van der Waals surface area contributed by atoms with Crippen molar-refractivity contribution in [2.24, 2.45) is 11.8 Å². The van der Waals surface area contributed by atoms with Crippen LogP contribution in [0.4, 0.5) is 0 Å². The number of thiol groups is 2. The van der Waals surface area contributed by atoms with Crippen molar-refractivity contribution in [1.29, 1.82) is 0 Å². The fourth-order valence-electron chi connectivity index (χ4n) is 0.942. The molecule has 0 atom stereocenters. The Morgan fingerprint density at radius 1 is 0.833 bits per heavy atom. The van der Waals surface area contributed by atoms with Gasteiger partial charge in [0.05, 0.1) is 0 Å². The van der Waals surface area contributed by atoms with E-state index in [1.165, 1.54) is 0 Å². The summed E-state index contributed by atoms with van der Waals surface area (Å²) in [4.78, 5) is 0. The third kappa shape index (κ3) is 0.231. The Bertz CT molecular complexity index is 71.5. The molecule has 0 spiro atoms. The van der Waals surface area contributed by atoms with E-state index in [-0.39, 0.29) is 0 Å². The van der Waals surface area contributed by atoms with E-state index in [4.69, 9.17) is 0 Å². The van der Waals surface area contributed by atoms with Crippen molar-refractivity contribution in [3.05, 3.63) is 0 Å². The number of rotatable bonds is 0. The van der Waals surface area contributed by atoms with Gasteiger partial charge in [-0.05, 0) is 11.8 Å². The molecule has 0 radical (unpaired) electrons. The second-order valence-electron chi connectivity index (χ2n) is 2.14. The van der Waals surface area contributed by atoms with E-state index in [0.29, 0.717) is 0 Å². The lowest BCUT2D eigenvalue weighted by molar-refractivity contribution is 0.962.